The van der Waals surface area contributed by atoms with Crippen molar-refractivity contribution in [3.8, 4) is 11.3 Å². The molecule has 0 atom stereocenters. The molecule has 0 aliphatic heterocycles. The van der Waals surface area contributed by atoms with Crippen molar-refractivity contribution in [3.63, 3.8) is 0 Å². The van der Waals surface area contributed by atoms with Crippen molar-refractivity contribution in [1.82, 2.24) is 9.97 Å². The molecule has 78 valence electrons. The van der Waals surface area contributed by atoms with Crippen molar-refractivity contribution in [2.45, 2.75) is 6.42 Å². The predicted molar refractivity (Wildman–Crippen MR) is 63.5 cm³/mol. The van der Waals surface area contributed by atoms with E-state index in [4.69, 9.17) is 23.2 Å². The summed E-state index contributed by atoms with van der Waals surface area (Å²) in [5, 5.41) is 0.735. The zero-order valence-corrected chi connectivity index (χ0v) is 9.52. The molecule has 4 heteroatoms. The molecule has 0 spiro atoms. The standard InChI is InChI=1S/C11H10Cl2N2/c12-6-5-11-14-7-10(15-11)8-1-3-9(13)4-2-8/h1-4,7H,5-6H2,(H,14,15). The summed E-state index contributed by atoms with van der Waals surface area (Å²) < 4.78 is 0. The molecule has 1 aromatic carbocycles. The number of nitrogens with zero attached hydrogens (tertiary/aromatic N) is 1. The summed E-state index contributed by atoms with van der Waals surface area (Å²) in [6, 6.07) is 7.64. The molecular formula is C11H10Cl2N2. The molecule has 1 aromatic heterocycles. The number of aromatic amines is 1. The van der Waals surface area contributed by atoms with E-state index in [1.54, 1.807) is 0 Å². The number of H-pyrrole nitrogens is 1. The lowest BCUT2D eigenvalue weighted by Crippen LogP contribution is -1.88. The zero-order chi connectivity index (χ0) is 10.7. The summed E-state index contributed by atoms with van der Waals surface area (Å²) in [5.74, 6) is 1.49. The average Bonchev–Trinajstić information content (AvgIpc) is 2.68. The van der Waals surface area contributed by atoms with Gasteiger partial charge < -0.3 is 4.98 Å². The number of imidazole rings is 1. The number of rotatable bonds is 3. The lowest BCUT2D eigenvalue weighted by Gasteiger charge is -1.97. The SMILES string of the molecule is ClCCc1ncc(-c2ccc(Cl)cc2)[nH]1. The Morgan fingerprint density at radius 1 is 1.20 bits per heavy atom. The van der Waals surface area contributed by atoms with Gasteiger partial charge in [0.2, 0.25) is 0 Å². The van der Waals surface area contributed by atoms with Crippen LogP contribution in [0.2, 0.25) is 5.02 Å². The van der Waals surface area contributed by atoms with Gasteiger partial charge in [-0.05, 0) is 17.7 Å². The van der Waals surface area contributed by atoms with Gasteiger partial charge in [-0.25, -0.2) is 4.98 Å². The summed E-state index contributed by atoms with van der Waals surface area (Å²) in [4.78, 5) is 7.44. The maximum absolute atomic E-state index is 5.81. The summed E-state index contributed by atoms with van der Waals surface area (Å²) in [5.41, 5.74) is 2.07. The van der Waals surface area contributed by atoms with E-state index in [9.17, 15) is 0 Å². The van der Waals surface area contributed by atoms with E-state index < -0.39 is 0 Å². The van der Waals surface area contributed by atoms with E-state index in [1.807, 2.05) is 30.5 Å². The summed E-state index contributed by atoms with van der Waals surface area (Å²) in [7, 11) is 0. The van der Waals surface area contributed by atoms with Crippen LogP contribution in [-0.4, -0.2) is 15.8 Å². The van der Waals surface area contributed by atoms with Gasteiger partial charge in [-0.2, -0.15) is 0 Å². The van der Waals surface area contributed by atoms with Gasteiger partial charge in [0, 0.05) is 17.3 Å². The normalized spacial score (nSPS) is 10.5. The minimum Gasteiger partial charge on any atom is -0.342 e. The fourth-order valence-electron chi connectivity index (χ4n) is 1.36. The number of nitrogens with one attached hydrogen (secondary N) is 1. The number of benzene rings is 1. The number of hydrogen-bond acceptors (Lipinski definition) is 1. The van der Waals surface area contributed by atoms with Crippen molar-refractivity contribution in [3.05, 3.63) is 41.3 Å². The molecule has 0 bridgehead atoms. The molecule has 0 aliphatic carbocycles. The van der Waals surface area contributed by atoms with Gasteiger partial charge in [0.05, 0.1) is 11.9 Å². The highest BCUT2D eigenvalue weighted by atomic mass is 35.5. The molecule has 0 amide bonds. The molecule has 0 radical (unpaired) electrons. The van der Waals surface area contributed by atoms with Crippen LogP contribution >= 0.6 is 23.2 Å². The second kappa shape index (κ2) is 4.69. The van der Waals surface area contributed by atoms with E-state index >= 15 is 0 Å². The second-order valence-corrected chi connectivity index (χ2v) is 4.00. The molecule has 0 aliphatic rings. The minimum atomic E-state index is 0.577. The van der Waals surface area contributed by atoms with Gasteiger partial charge in [-0.15, -0.1) is 11.6 Å². The third-order valence-corrected chi connectivity index (χ3v) is 2.56. The zero-order valence-electron chi connectivity index (χ0n) is 8.00. The Kier molecular flexibility index (Phi) is 3.29. The van der Waals surface area contributed by atoms with E-state index in [-0.39, 0.29) is 0 Å². The number of aromatic nitrogens is 2. The number of aryl methyl sites for hydroxylation is 1. The van der Waals surface area contributed by atoms with Crippen LogP contribution in [0.3, 0.4) is 0 Å². The minimum absolute atomic E-state index is 0.577. The Morgan fingerprint density at radius 3 is 2.60 bits per heavy atom. The monoisotopic (exact) mass is 240 g/mol. The van der Waals surface area contributed by atoms with Gasteiger partial charge in [0.1, 0.15) is 5.82 Å². The van der Waals surface area contributed by atoms with Gasteiger partial charge in [-0.1, -0.05) is 23.7 Å². The van der Waals surface area contributed by atoms with Gasteiger partial charge in [0.25, 0.3) is 0 Å². The molecule has 0 unspecified atom stereocenters. The summed E-state index contributed by atoms with van der Waals surface area (Å²) in [6.45, 7) is 0. The van der Waals surface area contributed by atoms with Crippen molar-refractivity contribution in [2.24, 2.45) is 0 Å². The van der Waals surface area contributed by atoms with Crippen LogP contribution in [0.1, 0.15) is 5.82 Å². The first-order valence-electron chi connectivity index (χ1n) is 4.65. The number of alkyl halides is 1. The Morgan fingerprint density at radius 2 is 1.93 bits per heavy atom. The van der Waals surface area contributed by atoms with E-state index in [0.717, 1.165) is 28.5 Å². The summed E-state index contributed by atoms with van der Waals surface area (Å²) >= 11 is 11.4. The molecule has 0 saturated heterocycles. The highest BCUT2D eigenvalue weighted by Crippen LogP contribution is 2.19. The van der Waals surface area contributed by atoms with Crippen molar-refractivity contribution < 1.29 is 0 Å². The molecule has 2 nitrogen and oxygen atoms in total. The first kappa shape index (κ1) is 10.5. The highest BCUT2D eigenvalue weighted by Gasteiger charge is 2.02. The van der Waals surface area contributed by atoms with Crippen LogP contribution in [0.4, 0.5) is 0 Å². The third kappa shape index (κ3) is 2.52. The number of halogens is 2. The van der Waals surface area contributed by atoms with Crippen molar-refractivity contribution in [1.29, 1.82) is 0 Å². The number of hydrogen-bond donors (Lipinski definition) is 1. The fourth-order valence-corrected chi connectivity index (χ4v) is 1.66. The Labute approximate surface area is 98.3 Å². The molecule has 0 saturated carbocycles. The maximum Gasteiger partial charge on any atom is 0.107 e. The highest BCUT2D eigenvalue weighted by molar-refractivity contribution is 6.30. The lowest BCUT2D eigenvalue weighted by atomic mass is 10.2. The predicted octanol–water partition coefficient (Wildman–Crippen LogP) is 3.51. The molecule has 0 fully saturated rings. The van der Waals surface area contributed by atoms with Crippen molar-refractivity contribution >= 4 is 23.2 Å². The molecular weight excluding hydrogens is 231 g/mol. The first-order chi connectivity index (χ1) is 7.29. The average molecular weight is 241 g/mol. The van der Waals surface area contributed by atoms with Crippen LogP contribution < -0.4 is 0 Å². The quantitative estimate of drug-likeness (QED) is 0.818. The third-order valence-electron chi connectivity index (χ3n) is 2.11. The van der Waals surface area contributed by atoms with E-state index in [2.05, 4.69) is 9.97 Å². The van der Waals surface area contributed by atoms with Crippen molar-refractivity contribution in [2.75, 3.05) is 5.88 Å². The van der Waals surface area contributed by atoms with Crippen LogP contribution in [0, 0.1) is 0 Å². The summed E-state index contributed by atoms with van der Waals surface area (Å²) in [6.07, 6.45) is 2.57. The van der Waals surface area contributed by atoms with E-state index in [0.29, 0.717) is 5.88 Å². The fraction of sp³-hybridized carbons (Fsp3) is 0.182. The van der Waals surface area contributed by atoms with Gasteiger partial charge >= 0.3 is 0 Å². The van der Waals surface area contributed by atoms with E-state index in [1.165, 1.54) is 0 Å². The lowest BCUT2D eigenvalue weighted by molar-refractivity contribution is 0.997. The maximum atomic E-state index is 5.81. The Hall–Kier alpha value is -0.990. The second-order valence-electron chi connectivity index (χ2n) is 3.19. The largest absolute Gasteiger partial charge is 0.342 e. The van der Waals surface area contributed by atoms with Crippen LogP contribution in [0.5, 0.6) is 0 Å². The molecule has 2 rings (SSSR count). The molecule has 1 N–H and O–H groups in total. The van der Waals surface area contributed by atoms with Crippen LogP contribution in [0.15, 0.2) is 30.5 Å². The van der Waals surface area contributed by atoms with Crippen LogP contribution in [0.25, 0.3) is 11.3 Å². The smallest absolute Gasteiger partial charge is 0.107 e. The molecule has 2 aromatic rings. The first-order valence-corrected chi connectivity index (χ1v) is 5.56. The molecule has 1 heterocycles. The van der Waals surface area contributed by atoms with Crippen LogP contribution in [-0.2, 0) is 6.42 Å². The Bertz CT molecular complexity index is 434. The molecule has 15 heavy (non-hydrogen) atoms. The Balaban J connectivity index is 2.25. The van der Waals surface area contributed by atoms with Gasteiger partial charge in [0.15, 0.2) is 0 Å². The van der Waals surface area contributed by atoms with Gasteiger partial charge in [-0.3, -0.25) is 0 Å². The topological polar surface area (TPSA) is 28.7 Å².